The smallest absolute Gasteiger partial charge is 0.338 e. The number of carbonyl (C=O) groups is 1. The lowest BCUT2D eigenvalue weighted by Gasteiger charge is -2.09. The van der Waals surface area contributed by atoms with E-state index in [9.17, 15) is 13.6 Å². The lowest BCUT2D eigenvalue weighted by molar-refractivity contribution is 0.0691. The Morgan fingerprint density at radius 2 is 1.60 bits per heavy atom. The highest BCUT2D eigenvalue weighted by atomic mass is 19.1. The van der Waals surface area contributed by atoms with Crippen LogP contribution in [0.25, 0.3) is 11.1 Å². The van der Waals surface area contributed by atoms with Crippen molar-refractivity contribution in [2.24, 2.45) is 0 Å². The number of hydrogen-bond acceptors (Lipinski definition) is 2. The molecule has 0 saturated carbocycles. The molecule has 0 bridgehead atoms. The average Bonchev–Trinajstić information content (AvgIpc) is 2.63. The monoisotopic (exact) mass is 340 g/mol. The number of ether oxygens (including phenoxy) is 1. The minimum absolute atomic E-state index is 0.00268. The van der Waals surface area contributed by atoms with Crippen molar-refractivity contribution in [1.82, 2.24) is 0 Å². The molecule has 0 fully saturated rings. The predicted molar refractivity (Wildman–Crippen MR) is 89.5 cm³/mol. The summed E-state index contributed by atoms with van der Waals surface area (Å²) in [5.41, 5.74) is 0.755. The maximum Gasteiger partial charge on any atom is 0.338 e. The summed E-state index contributed by atoms with van der Waals surface area (Å²) in [5.74, 6) is -2.69. The maximum absolute atomic E-state index is 14.1. The first-order valence-electron chi connectivity index (χ1n) is 7.54. The number of rotatable bonds is 5. The standard InChI is InChI=1S/C20H14F2O3/c21-18-11-17(20(23)24)19(22)10-16(18)14-6-8-15(9-7-14)25-12-13-4-2-1-3-5-13/h1-11H,12H2,(H,23,24). The minimum atomic E-state index is -1.51. The normalized spacial score (nSPS) is 10.5. The predicted octanol–water partition coefficient (Wildman–Crippen LogP) is 4.91. The molecule has 3 nitrogen and oxygen atoms in total. The van der Waals surface area contributed by atoms with Crippen molar-refractivity contribution < 1.29 is 23.4 Å². The number of hydrogen-bond donors (Lipinski definition) is 1. The number of aromatic carboxylic acids is 1. The van der Waals surface area contributed by atoms with Crippen LogP contribution in [0.15, 0.2) is 66.7 Å². The Labute approximate surface area is 143 Å². The molecule has 1 N–H and O–H groups in total. The van der Waals surface area contributed by atoms with E-state index in [-0.39, 0.29) is 5.56 Å². The van der Waals surface area contributed by atoms with Gasteiger partial charge in [0, 0.05) is 5.56 Å². The molecule has 0 saturated heterocycles. The number of carboxylic acids is 1. The fourth-order valence-electron chi connectivity index (χ4n) is 2.40. The molecule has 3 aromatic rings. The largest absolute Gasteiger partial charge is 0.489 e. The third kappa shape index (κ3) is 3.83. The molecular weight excluding hydrogens is 326 g/mol. The molecule has 0 radical (unpaired) electrons. The van der Waals surface area contributed by atoms with Crippen molar-refractivity contribution >= 4 is 5.97 Å². The van der Waals surface area contributed by atoms with Crippen LogP contribution in [-0.4, -0.2) is 11.1 Å². The molecule has 0 heterocycles. The summed E-state index contributed by atoms with van der Waals surface area (Å²) in [5, 5.41) is 8.82. The summed E-state index contributed by atoms with van der Waals surface area (Å²) < 4.78 is 33.5. The van der Waals surface area contributed by atoms with Crippen LogP contribution < -0.4 is 4.74 Å². The van der Waals surface area contributed by atoms with Crippen LogP contribution in [-0.2, 0) is 6.61 Å². The number of carboxylic acid groups (broad SMARTS) is 1. The Morgan fingerprint density at radius 3 is 2.24 bits per heavy atom. The van der Waals surface area contributed by atoms with Crippen molar-refractivity contribution in [3.05, 3.63) is 89.5 Å². The van der Waals surface area contributed by atoms with E-state index in [1.165, 1.54) is 0 Å². The van der Waals surface area contributed by atoms with Gasteiger partial charge in [0.15, 0.2) is 0 Å². The molecule has 25 heavy (non-hydrogen) atoms. The molecule has 0 atom stereocenters. The molecule has 3 rings (SSSR count). The lowest BCUT2D eigenvalue weighted by Crippen LogP contribution is -2.02. The Morgan fingerprint density at radius 1 is 0.920 bits per heavy atom. The third-order valence-electron chi connectivity index (χ3n) is 3.70. The molecule has 0 unspecified atom stereocenters. The van der Waals surface area contributed by atoms with Crippen LogP contribution >= 0.6 is 0 Å². The van der Waals surface area contributed by atoms with Crippen LogP contribution in [0, 0.1) is 11.6 Å². The van der Waals surface area contributed by atoms with Crippen LogP contribution in [0.4, 0.5) is 8.78 Å². The summed E-state index contributed by atoms with van der Waals surface area (Å²) >= 11 is 0. The third-order valence-corrected chi connectivity index (χ3v) is 3.70. The van der Waals surface area contributed by atoms with Crippen LogP contribution in [0.1, 0.15) is 15.9 Å². The van der Waals surface area contributed by atoms with Gasteiger partial charge in [0.2, 0.25) is 0 Å². The zero-order valence-electron chi connectivity index (χ0n) is 13.1. The van der Waals surface area contributed by atoms with E-state index < -0.39 is 23.2 Å². The van der Waals surface area contributed by atoms with E-state index in [1.54, 1.807) is 24.3 Å². The van der Waals surface area contributed by atoms with Gasteiger partial charge in [-0.05, 0) is 35.4 Å². The summed E-state index contributed by atoms with van der Waals surface area (Å²) in [6, 6.07) is 17.7. The summed E-state index contributed by atoms with van der Waals surface area (Å²) in [7, 11) is 0. The van der Waals surface area contributed by atoms with E-state index in [0.29, 0.717) is 24.0 Å². The fourth-order valence-corrected chi connectivity index (χ4v) is 2.40. The molecule has 0 spiro atoms. The zero-order valence-corrected chi connectivity index (χ0v) is 13.1. The Balaban J connectivity index is 1.78. The molecule has 0 aliphatic carbocycles. The van der Waals surface area contributed by atoms with Crippen LogP contribution in [0.5, 0.6) is 5.75 Å². The Kier molecular flexibility index (Phi) is 4.75. The van der Waals surface area contributed by atoms with Crippen molar-refractivity contribution in [2.45, 2.75) is 6.61 Å². The second-order valence-electron chi connectivity index (χ2n) is 5.42. The van der Waals surface area contributed by atoms with Gasteiger partial charge >= 0.3 is 5.97 Å². The summed E-state index contributed by atoms with van der Waals surface area (Å²) in [6.45, 7) is 0.399. The maximum atomic E-state index is 14.1. The van der Waals surface area contributed by atoms with Gasteiger partial charge in [-0.15, -0.1) is 0 Å². The first-order chi connectivity index (χ1) is 12.0. The molecule has 0 amide bonds. The quantitative estimate of drug-likeness (QED) is 0.718. The Hall–Kier alpha value is -3.21. The highest BCUT2D eigenvalue weighted by molar-refractivity contribution is 5.88. The SMILES string of the molecule is O=C(O)c1cc(F)c(-c2ccc(OCc3ccccc3)cc2)cc1F. The molecule has 0 aromatic heterocycles. The molecule has 5 heteroatoms. The zero-order chi connectivity index (χ0) is 17.8. The molecule has 3 aromatic carbocycles. The van der Waals surface area contributed by atoms with E-state index >= 15 is 0 Å². The van der Waals surface area contributed by atoms with Crippen LogP contribution in [0.3, 0.4) is 0 Å². The molecule has 0 aliphatic rings. The first-order valence-corrected chi connectivity index (χ1v) is 7.54. The molecular formula is C20H14F2O3. The highest BCUT2D eigenvalue weighted by Gasteiger charge is 2.16. The summed E-state index contributed by atoms with van der Waals surface area (Å²) in [6.07, 6.45) is 0. The molecule has 126 valence electrons. The topological polar surface area (TPSA) is 46.5 Å². The van der Waals surface area contributed by atoms with Gasteiger partial charge in [0.25, 0.3) is 0 Å². The van der Waals surface area contributed by atoms with Crippen molar-refractivity contribution in [3.8, 4) is 16.9 Å². The Bertz CT molecular complexity index is 891. The van der Waals surface area contributed by atoms with E-state index in [4.69, 9.17) is 9.84 Å². The van der Waals surface area contributed by atoms with E-state index in [1.807, 2.05) is 30.3 Å². The van der Waals surface area contributed by atoms with E-state index in [2.05, 4.69) is 0 Å². The second kappa shape index (κ2) is 7.13. The van der Waals surface area contributed by atoms with Crippen molar-refractivity contribution in [2.75, 3.05) is 0 Å². The fraction of sp³-hybridized carbons (Fsp3) is 0.0500. The van der Waals surface area contributed by atoms with Gasteiger partial charge in [-0.2, -0.15) is 0 Å². The summed E-state index contributed by atoms with van der Waals surface area (Å²) in [4.78, 5) is 10.8. The second-order valence-corrected chi connectivity index (χ2v) is 5.42. The van der Waals surface area contributed by atoms with Gasteiger partial charge in [-0.25, -0.2) is 13.6 Å². The van der Waals surface area contributed by atoms with Gasteiger partial charge in [-0.3, -0.25) is 0 Å². The number of halogens is 2. The van der Waals surface area contributed by atoms with Gasteiger partial charge < -0.3 is 9.84 Å². The molecule has 0 aliphatic heterocycles. The van der Waals surface area contributed by atoms with Gasteiger partial charge in [0.1, 0.15) is 24.0 Å². The van der Waals surface area contributed by atoms with Crippen molar-refractivity contribution in [3.63, 3.8) is 0 Å². The van der Waals surface area contributed by atoms with Crippen molar-refractivity contribution in [1.29, 1.82) is 0 Å². The van der Waals surface area contributed by atoms with Crippen LogP contribution in [0.2, 0.25) is 0 Å². The lowest BCUT2D eigenvalue weighted by atomic mass is 10.0. The minimum Gasteiger partial charge on any atom is -0.489 e. The van der Waals surface area contributed by atoms with Gasteiger partial charge in [0.05, 0.1) is 5.56 Å². The number of benzene rings is 3. The van der Waals surface area contributed by atoms with Gasteiger partial charge in [-0.1, -0.05) is 42.5 Å². The average molecular weight is 340 g/mol. The first kappa shape index (κ1) is 16.6. The van der Waals surface area contributed by atoms with E-state index in [0.717, 1.165) is 11.6 Å². The highest BCUT2D eigenvalue weighted by Crippen LogP contribution is 2.27.